The van der Waals surface area contributed by atoms with Gasteiger partial charge in [-0.25, -0.2) is 9.52 Å². The minimum absolute atomic E-state index is 0.194. The second-order valence-electron chi connectivity index (χ2n) is 13.8. The summed E-state index contributed by atoms with van der Waals surface area (Å²) in [7, 11) is -1.14. The maximum atomic E-state index is 11.9. The van der Waals surface area contributed by atoms with Crippen molar-refractivity contribution in [2.45, 2.75) is 104 Å². The topological polar surface area (TPSA) is 116 Å². The lowest BCUT2D eigenvalue weighted by Gasteiger charge is -2.64. The van der Waals surface area contributed by atoms with E-state index in [0.29, 0.717) is 41.9 Å². The van der Waals surface area contributed by atoms with E-state index >= 15 is 0 Å². The van der Waals surface area contributed by atoms with Crippen molar-refractivity contribution in [3.63, 3.8) is 0 Å². The average Bonchev–Trinajstić information content (AvgIpc) is 3.20. The highest BCUT2D eigenvalue weighted by Crippen LogP contribution is 2.69. The molecule has 9 heteroatoms. The molecule has 4 rings (SSSR count). The third-order valence-electron chi connectivity index (χ3n) is 11.9. The molecule has 4 fully saturated rings. The smallest absolute Gasteiger partial charge is 0.421 e. The van der Waals surface area contributed by atoms with E-state index in [9.17, 15) is 23.4 Å². The summed E-state index contributed by atoms with van der Waals surface area (Å²) in [5.74, 6) is 3.14. The highest BCUT2D eigenvalue weighted by atomic mass is 32.2. The van der Waals surface area contributed by atoms with Crippen molar-refractivity contribution >= 4 is 16.3 Å². The zero-order valence-electron chi connectivity index (χ0n) is 24.4. The third kappa shape index (κ3) is 5.26. The number of fused-ring (bicyclic) bond motifs is 5. The van der Waals surface area contributed by atoms with Crippen LogP contribution in [0.1, 0.15) is 91.9 Å². The minimum atomic E-state index is -3.84. The van der Waals surface area contributed by atoms with Crippen LogP contribution >= 0.6 is 0 Å². The van der Waals surface area contributed by atoms with E-state index in [1.807, 2.05) is 4.72 Å². The molecule has 0 aromatic rings. The molecule has 4 aliphatic rings. The fourth-order valence-electron chi connectivity index (χ4n) is 9.93. The molecule has 4 saturated carbocycles. The Balaban J connectivity index is 1.39. The first-order valence-corrected chi connectivity index (χ1v) is 16.4. The van der Waals surface area contributed by atoms with Crippen molar-refractivity contribution in [1.29, 1.82) is 0 Å². The molecule has 0 saturated heterocycles. The molecule has 4 aliphatic carbocycles. The zero-order valence-corrected chi connectivity index (χ0v) is 25.2. The van der Waals surface area contributed by atoms with E-state index in [0.717, 1.165) is 36.4 Å². The van der Waals surface area contributed by atoms with Gasteiger partial charge in [-0.1, -0.05) is 34.1 Å². The van der Waals surface area contributed by atoms with Crippen LogP contribution < -0.4 is 4.72 Å². The van der Waals surface area contributed by atoms with Crippen LogP contribution in [-0.2, 0) is 14.9 Å². The molecule has 0 aliphatic heterocycles. The average molecular weight is 557 g/mol. The normalized spacial score (nSPS) is 43.6. The van der Waals surface area contributed by atoms with Crippen LogP contribution in [0.15, 0.2) is 0 Å². The van der Waals surface area contributed by atoms with Gasteiger partial charge in [0.1, 0.15) is 0 Å². The summed E-state index contributed by atoms with van der Waals surface area (Å²) in [6.07, 6.45) is 8.70. The Bertz CT molecular complexity index is 959. The second kappa shape index (κ2) is 11.2. The van der Waals surface area contributed by atoms with Crippen molar-refractivity contribution in [3.8, 4) is 0 Å². The van der Waals surface area contributed by atoms with E-state index in [1.54, 1.807) is 0 Å². The molecule has 3 N–H and O–H groups in total. The maximum Gasteiger partial charge on any atom is 0.421 e. The third-order valence-corrected chi connectivity index (χ3v) is 13.3. The fraction of sp³-hybridized carbons (Fsp3) is 0.966. The summed E-state index contributed by atoms with van der Waals surface area (Å²) < 4.78 is 31.6. The largest absolute Gasteiger partial charge is 0.449 e. The molecule has 0 aromatic carbocycles. The van der Waals surface area contributed by atoms with Crippen LogP contribution in [0.3, 0.4) is 0 Å². The van der Waals surface area contributed by atoms with Crippen molar-refractivity contribution in [3.05, 3.63) is 0 Å². The van der Waals surface area contributed by atoms with Gasteiger partial charge in [0.15, 0.2) is 0 Å². The van der Waals surface area contributed by atoms with Gasteiger partial charge in [0, 0.05) is 14.1 Å². The van der Waals surface area contributed by atoms with Crippen LogP contribution in [0.5, 0.6) is 0 Å². The fourth-order valence-corrected chi connectivity index (χ4v) is 10.4. The summed E-state index contributed by atoms with van der Waals surface area (Å²) in [5.41, 5.74) is 0.419. The van der Waals surface area contributed by atoms with E-state index in [2.05, 4.69) is 27.7 Å². The molecule has 0 aromatic heterocycles. The SMILES string of the molecule is CC[C@@H]1C2C[C@H](O)CC[C@]2(C)C2CCC3(C)C(CCC3[C@H](C)CCCOC(=O)NS(=O)(=O)N(C)C)[C@@H]2[C@@H]1O. The quantitative estimate of drug-likeness (QED) is 0.378. The number of rotatable bonds is 8. The molecule has 8 nitrogen and oxygen atoms in total. The Morgan fingerprint density at radius 1 is 1.05 bits per heavy atom. The minimum Gasteiger partial charge on any atom is -0.449 e. The standard InChI is InChI=1S/C29H52N2O6S/c1-7-20-24-17-19(32)12-14-29(24,4)23-13-15-28(3)21(10-11-22(28)25(23)26(20)33)18(2)9-8-16-37-27(34)30-38(35,36)31(5)6/h18-26,32-33H,7-17H2,1-6H3,(H,30,34)/t18-,19-,20-,21?,22?,23?,24?,25+,26-,28?,29-/m1/s1. The second-order valence-corrected chi connectivity index (χ2v) is 15.7. The number of carbonyl (C=O) groups excluding carboxylic acids is 1. The van der Waals surface area contributed by atoms with Gasteiger partial charge in [0.2, 0.25) is 0 Å². The Labute approximate surface area is 230 Å². The number of hydrogen-bond donors (Lipinski definition) is 3. The number of nitrogens with zero attached hydrogens (tertiary/aromatic N) is 1. The van der Waals surface area contributed by atoms with E-state index < -0.39 is 16.3 Å². The highest BCUT2D eigenvalue weighted by Gasteiger charge is 2.64. The molecular formula is C29H52N2O6S. The van der Waals surface area contributed by atoms with E-state index in [1.165, 1.54) is 39.8 Å². The van der Waals surface area contributed by atoms with Gasteiger partial charge >= 0.3 is 16.3 Å². The van der Waals surface area contributed by atoms with Gasteiger partial charge in [-0.15, -0.1) is 0 Å². The number of aliphatic hydroxyl groups excluding tert-OH is 2. The van der Waals surface area contributed by atoms with Crippen LogP contribution in [0.2, 0.25) is 0 Å². The van der Waals surface area contributed by atoms with E-state index in [4.69, 9.17) is 4.74 Å². The predicted octanol–water partition coefficient (Wildman–Crippen LogP) is 4.56. The Morgan fingerprint density at radius 3 is 2.37 bits per heavy atom. The Kier molecular flexibility index (Phi) is 8.84. The van der Waals surface area contributed by atoms with Gasteiger partial charge in [-0.05, 0) is 110 Å². The number of carbonyl (C=O) groups is 1. The Hall–Kier alpha value is -0.900. The van der Waals surface area contributed by atoms with Crippen molar-refractivity contribution in [2.75, 3.05) is 20.7 Å². The van der Waals surface area contributed by atoms with Crippen molar-refractivity contribution in [1.82, 2.24) is 9.03 Å². The first-order chi connectivity index (χ1) is 17.8. The first-order valence-electron chi connectivity index (χ1n) is 15.0. The highest BCUT2D eigenvalue weighted by molar-refractivity contribution is 7.87. The summed E-state index contributed by atoms with van der Waals surface area (Å²) in [6.45, 7) is 9.68. The van der Waals surface area contributed by atoms with Crippen LogP contribution in [0, 0.1) is 52.3 Å². The van der Waals surface area contributed by atoms with Gasteiger partial charge in [0.25, 0.3) is 0 Å². The van der Waals surface area contributed by atoms with Crippen molar-refractivity contribution in [2.24, 2.45) is 52.3 Å². The lowest BCUT2D eigenvalue weighted by atomic mass is 9.41. The van der Waals surface area contributed by atoms with Gasteiger partial charge in [-0.2, -0.15) is 12.7 Å². The van der Waals surface area contributed by atoms with E-state index in [-0.39, 0.29) is 35.6 Å². The lowest BCUT2D eigenvalue weighted by Crippen LogP contribution is -2.62. The zero-order chi connectivity index (χ0) is 28.0. The molecule has 0 heterocycles. The van der Waals surface area contributed by atoms with Gasteiger partial charge in [-0.3, -0.25) is 0 Å². The molecule has 11 atom stereocenters. The first kappa shape index (κ1) is 30.1. The summed E-state index contributed by atoms with van der Waals surface area (Å²) in [5, 5.41) is 22.3. The number of nitrogens with one attached hydrogen (secondary N) is 1. The molecule has 220 valence electrons. The predicted molar refractivity (Wildman–Crippen MR) is 147 cm³/mol. The summed E-state index contributed by atoms with van der Waals surface area (Å²) >= 11 is 0. The monoisotopic (exact) mass is 556 g/mol. The summed E-state index contributed by atoms with van der Waals surface area (Å²) in [6, 6.07) is 0. The maximum absolute atomic E-state index is 11.9. The number of aliphatic hydroxyl groups is 2. The molecular weight excluding hydrogens is 504 g/mol. The Morgan fingerprint density at radius 2 is 1.71 bits per heavy atom. The van der Waals surface area contributed by atoms with Crippen molar-refractivity contribution < 1.29 is 28.2 Å². The van der Waals surface area contributed by atoms with Crippen LogP contribution in [0.25, 0.3) is 0 Å². The van der Waals surface area contributed by atoms with Crippen LogP contribution in [-0.4, -0.2) is 61.9 Å². The number of amides is 1. The van der Waals surface area contributed by atoms with Crippen LogP contribution in [0.4, 0.5) is 4.79 Å². The molecule has 5 unspecified atom stereocenters. The van der Waals surface area contributed by atoms with Gasteiger partial charge < -0.3 is 14.9 Å². The van der Waals surface area contributed by atoms with Gasteiger partial charge in [0.05, 0.1) is 18.8 Å². The molecule has 0 spiro atoms. The lowest BCUT2D eigenvalue weighted by molar-refractivity contribution is -0.203. The molecule has 38 heavy (non-hydrogen) atoms. The summed E-state index contributed by atoms with van der Waals surface area (Å²) in [4.78, 5) is 11.9. The molecule has 1 amide bonds. The number of hydrogen-bond acceptors (Lipinski definition) is 6. The number of ether oxygens (including phenoxy) is 1. The molecule has 0 bridgehead atoms. The molecule has 0 radical (unpaired) electrons.